The van der Waals surface area contributed by atoms with Crippen LogP contribution in [0.3, 0.4) is 0 Å². The SMILES string of the molecule is CC(=O)[C@H]1CC[C@H]2[C@@H]3CCC4C=C(N=O)CC[C@]4(C)[C@H]3CC[C@]12C. The largest absolute Gasteiger partial charge is 0.300 e. The predicted molar refractivity (Wildman–Crippen MR) is 95.2 cm³/mol. The maximum atomic E-state index is 12.2. The number of hydrogen-bond acceptors (Lipinski definition) is 3. The molecule has 3 nitrogen and oxygen atoms in total. The van der Waals surface area contributed by atoms with Crippen LogP contribution in [0.1, 0.15) is 72.1 Å². The van der Waals surface area contributed by atoms with Gasteiger partial charge in [-0.05, 0) is 98.0 Å². The lowest BCUT2D eigenvalue weighted by molar-refractivity contribution is -0.130. The summed E-state index contributed by atoms with van der Waals surface area (Å²) >= 11 is 0. The number of nitrogens with zero attached hydrogens (tertiary/aromatic N) is 1. The molecule has 0 aromatic rings. The molecule has 0 heterocycles. The maximum Gasteiger partial charge on any atom is 0.133 e. The average Bonchev–Trinajstić information content (AvgIpc) is 2.91. The van der Waals surface area contributed by atoms with Crippen molar-refractivity contribution in [3.05, 3.63) is 16.7 Å². The summed E-state index contributed by atoms with van der Waals surface area (Å²) in [5.41, 5.74) is 1.37. The second kappa shape index (κ2) is 5.51. The Balaban J connectivity index is 1.63. The average molecular weight is 329 g/mol. The minimum absolute atomic E-state index is 0.246. The zero-order chi connectivity index (χ0) is 17.1. The molecule has 3 heteroatoms. The van der Waals surface area contributed by atoms with Gasteiger partial charge in [0.25, 0.3) is 0 Å². The molecule has 4 rings (SSSR count). The molecule has 7 atom stereocenters. The molecule has 0 spiro atoms. The van der Waals surface area contributed by atoms with E-state index in [9.17, 15) is 9.70 Å². The third-order valence-electron chi connectivity index (χ3n) is 8.86. The Labute approximate surface area is 145 Å². The van der Waals surface area contributed by atoms with Crippen molar-refractivity contribution in [2.45, 2.75) is 72.1 Å². The van der Waals surface area contributed by atoms with E-state index in [1.54, 1.807) is 0 Å². The number of rotatable bonds is 2. The first-order valence-corrected chi connectivity index (χ1v) is 9.94. The highest BCUT2D eigenvalue weighted by atomic mass is 16.3. The van der Waals surface area contributed by atoms with E-state index in [4.69, 9.17) is 0 Å². The van der Waals surface area contributed by atoms with Crippen molar-refractivity contribution in [1.82, 2.24) is 0 Å². The Morgan fingerprint density at radius 3 is 2.50 bits per heavy atom. The standard InChI is InChI=1S/C21H31NO2/c1-13(23)17-6-7-18-16-5-4-14-12-15(22-24)8-10-20(14,2)19(16)9-11-21(17,18)3/h12,14,16-19H,4-11H2,1-3H3/t14?,16-,17+,18-,19-,20-,21+/m0/s1. The van der Waals surface area contributed by atoms with Crippen LogP contribution in [0.4, 0.5) is 0 Å². The van der Waals surface area contributed by atoms with E-state index >= 15 is 0 Å². The Kier molecular flexibility index (Phi) is 3.78. The van der Waals surface area contributed by atoms with Gasteiger partial charge in [-0.1, -0.05) is 19.9 Å². The molecular weight excluding hydrogens is 298 g/mol. The van der Waals surface area contributed by atoms with E-state index < -0.39 is 0 Å². The maximum absolute atomic E-state index is 12.2. The van der Waals surface area contributed by atoms with Gasteiger partial charge in [-0.15, -0.1) is 4.91 Å². The second-order valence-corrected chi connectivity index (χ2v) is 9.60. The number of nitroso groups, excluding NO2 is 1. The van der Waals surface area contributed by atoms with E-state index in [1.807, 2.05) is 6.92 Å². The molecule has 0 aromatic heterocycles. The van der Waals surface area contributed by atoms with Crippen LogP contribution in [-0.4, -0.2) is 5.78 Å². The molecule has 0 aromatic carbocycles. The van der Waals surface area contributed by atoms with Gasteiger partial charge in [-0.2, -0.15) is 0 Å². The van der Waals surface area contributed by atoms with Gasteiger partial charge in [0.2, 0.25) is 0 Å². The summed E-state index contributed by atoms with van der Waals surface area (Å²) in [5.74, 6) is 3.54. The van der Waals surface area contributed by atoms with Crippen LogP contribution in [0.5, 0.6) is 0 Å². The molecule has 24 heavy (non-hydrogen) atoms. The summed E-state index contributed by atoms with van der Waals surface area (Å²) in [6.45, 7) is 6.70. The fraction of sp³-hybridized carbons (Fsp3) is 0.857. The number of allylic oxidation sites excluding steroid dienone is 2. The first-order valence-electron chi connectivity index (χ1n) is 9.94. The molecule has 0 aliphatic heterocycles. The highest BCUT2D eigenvalue weighted by Crippen LogP contribution is 2.67. The molecular formula is C21H31NO2. The fourth-order valence-electron chi connectivity index (χ4n) is 7.59. The molecule has 132 valence electrons. The Hall–Kier alpha value is -0.990. The lowest BCUT2D eigenvalue weighted by atomic mass is 9.45. The fourth-order valence-corrected chi connectivity index (χ4v) is 7.59. The van der Waals surface area contributed by atoms with Crippen LogP contribution >= 0.6 is 0 Å². The lowest BCUT2D eigenvalue weighted by Gasteiger charge is -2.59. The van der Waals surface area contributed by atoms with Crippen molar-refractivity contribution < 1.29 is 4.79 Å². The van der Waals surface area contributed by atoms with Gasteiger partial charge in [0.15, 0.2) is 0 Å². The molecule has 4 aliphatic carbocycles. The van der Waals surface area contributed by atoms with Crippen LogP contribution in [0.25, 0.3) is 0 Å². The van der Waals surface area contributed by atoms with E-state index in [0.29, 0.717) is 23.0 Å². The van der Waals surface area contributed by atoms with Gasteiger partial charge >= 0.3 is 0 Å². The van der Waals surface area contributed by atoms with Gasteiger partial charge in [0.1, 0.15) is 5.78 Å². The van der Waals surface area contributed by atoms with Gasteiger partial charge in [-0.25, -0.2) is 0 Å². The summed E-state index contributed by atoms with van der Waals surface area (Å²) in [6.07, 6.45) is 11.5. The summed E-state index contributed by atoms with van der Waals surface area (Å²) in [5, 5.41) is 3.24. The number of carbonyl (C=O) groups is 1. The van der Waals surface area contributed by atoms with Crippen molar-refractivity contribution in [2.75, 3.05) is 0 Å². The Morgan fingerprint density at radius 2 is 1.79 bits per heavy atom. The van der Waals surface area contributed by atoms with Crippen molar-refractivity contribution in [3.8, 4) is 0 Å². The van der Waals surface area contributed by atoms with Crippen LogP contribution in [0.2, 0.25) is 0 Å². The van der Waals surface area contributed by atoms with Crippen LogP contribution < -0.4 is 0 Å². The third kappa shape index (κ3) is 2.12. The highest BCUT2D eigenvalue weighted by molar-refractivity contribution is 5.79. The van der Waals surface area contributed by atoms with Crippen LogP contribution in [0.15, 0.2) is 16.9 Å². The lowest BCUT2D eigenvalue weighted by Crippen LogP contribution is -2.52. The topological polar surface area (TPSA) is 46.5 Å². The van der Waals surface area contributed by atoms with Gasteiger partial charge in [0, 0.05) is 5.92 Å². The molecule has 0 N–H and O–H groups in total. The van der Waals surface area contributed by atoms with Gasteiger partial charge < -0.3 is 0 Å². The normalized spacial score (nSPS) is 50.3. The van der Waals surface area contributed by atoms with Crippen LogP contribution in [0, 0.1) is 45.3 Å². The van der Waals surface area contributed by atoms with Gasteiger partial charge in [0.05, 0.1) is 5.70 Å². The Bertz CT molecular complexity index is 597. The minimum Gasteiger partial charge on any atom is -0.300 e. The van der Waals surface area contributed by atoms with Gasteiger partial charge in [-0.3, -0.25) is 4.79 Å². The summed E-state index contributed by atoms with van der Waals surface area (Å²) in [6, 6.07) is 0. The predicted octanol–water partition coefficient (Wildman–Crippen LogP) is 5.49. The van der Waals surface area contributed by atoms with Crippen LogP contribution in [-0.2, 0) is 4.79 Å². The number of ketones is 1. The molecule has 0 bridgehead atoms. The zero-order valence-corrected chi connectivity index (χ0v) is 15.4. The molecule has 4 aliphatic rings. The third-order valence-corrected chi connectivity index (χ3v) is 8.86. The molecule has 1 unspecified atom stereocenters. The summed E-state index contributed by atoms with van der Waals surface area (Å²) in [7, 11) is 0. The first-order chi connectivity index (χ1) is 11.4. The van der Waals surface area contributed by atoms with Crippen molar-refractivity contribution in [1.29, 1.82) is 0 Å². The zero-order valence-electron chi connectivity index (χ0n) is 15.4. The molecule has 0 saturated heterocycles. The van der Waals surface area contributed by atoms with E-state index in [0.717, 1.165) is 42.7 Å². The molecule has 3 fully saturated rings. The molecule has 0 amide bonds. The second-order valence-electron chi connectivity index (χ2n) is 9.60. The summed E-state index contributed by atoms with van der Waals surface area (Å²) in [4.78, 5) is 23.1. The molecule has 0 radical (unpaired) electrons. The Morgan fingerprint density at radius 1 is 1.04 bits per heavy atom. The summed E-state index contributed by atoms with van der Waals surface area (Å²) < 4.78 is 0. The molecule has 3 saturated carbocycles. The number of hydrogen-bond donors (Lipinski definition) is 0. The smallest absolute Gasteiger partial charge is 0.133 e. The minimum atomic E-state index is 0.246. The number of carbonyl (C=O) groups excluding carboxylic acids is 1. The van der Waals surface area contributed by atoms with Crippen molar-refractivity contribution >= 4 is 5.78 Å². The van der Waals surface area contributed by atoms with Crippen molar-refractivity contribution in [2.24, 2.45) is 45.6 Å². The monoisotopic (exact) mass is 329 g/mol. The first kappa shape index (κ1) is 16.5. The van der Waals surface area contributed by atoms with E-state index in [2.05, 4.69) is 25.1 Å². The van der Waals surface area contributed by atoms with Crippen molar-refractivity contribution in [3.63, 3.8) is 0 Å². The van der Waals surface area contributed by atoms with E-state index in [1.165, 1.54) is 32.1 Å². The highest BCUT2D eigenvalue weighted by Gasteiger charge is 2.60. The number of Topliss-reactive ketones (excluding diaryl/α,β-unsaturated/α-hetero) is 1. The number of fused-ring (bicyclic) bond motifs is 5. The quantitative estimate of drug-likeness (QED) is 0.628. The van der Waals surface area contributed by atoms with E-state index in [-0.39, 0.29) is 5.41 Å².